The van der Waals surface area contributed by atoms with Crippen molar-refractivity contribution in [1.82, 2.24) is 9.88 Å². The van der Waals surface area contributed by atoms with E-state index in [1.54, 1.807) is 0 Å². The molecule has 6 nitrogen and oxygen atoms in total. The van der Waals surface area contributed by atoms with Gasteiger partial charge in [0.2, 0.25) is 0 Å². The molecule has 26 heavy (non-hydrogen) atoms. The predicted octanol–water partition coefficient (Wildman–Crippen LogP) is 2.32. The minimum absolute atomic E-state index is 0.0396. The fraction of sp³-hybridized carbons (Fsp3) is 0.450. The molecule has 0 amide bonds. The molecule has 2 saturated heterocycles. The topological polar surface area (TPSA) is 47.1 Å². The lowest BCUT2D eigenvalue weighted by Crippen LogP contribution is -2.54. The Bertz CT molecular complexity index is 665. The zero-order chi connectivity index (χ0) is 17.6. The van der Waals surface area contributed by atoms with Gasteiger partial charge < -0.3 is 9.64 Å². The number of hydrogen-bond acceptors (Lipinski definition) is 6. The van der Waals surface area contributed by atoms with Crippen LogP contribution >= 0.6 is 0 Å². The lowest BCUT2D eigenvalue weighted by atomic mass is 10.2. The van der Waals surface area contributed by atoms with Crippen LogP contribution in [0, 0.1) is 5.92 Å². The van der Waals surface area contributed by atoms with Gasteiger partial charge in [0.05, 0.1) is 26.4 Å². The maximum absolute atomic E-state index is 6.31. The standard InChI is InChI=1S/C20H25N3O3/c1-2-4-19(5-3-1)22-10-11-23(12-17-6-8-21-9-7-17)20(13-22)24-14-18-15-25-26-16-18/h1-9,18,20H,10-16H2. The molecule has 1 atom stereocenters. The molecule has 0 N–H and O–H groups in total. The second kappa shape index (κ2) is 8.60. The highest BCUT2D eigenvalue weighted by Gasteiger charge is 2.29. The largest absolute Gasteiger partial charge is 0.366 e. The summed E-state index contributed by atoms with van der Waals surface area (Å²) in [6, 6.07) is 14.7. The van der Waals surface area contributed by atoms with Gasteiger partial charge in [-0.2, -0.15) is 0 Å². The Morgan fingerprint density at radius 3 is 2.54 bits per heavy atom. The van der Waals surface area contributed by atoms with Crippen molar-refractivity contribution in [1.29, 1.82) is 0 Å². The molecule has 1 aromatic carbocycles. The van der Waals surface area contributed by atoms with Crippen LogP contribution in [-0.4, -0.2) is 55.6 Å². The van der Waals surface area contributed by atoms with Crippen molar-refractivity contribution < 1.29 is 14.5 Å². The first-order chi connectivity index (χ1) is 12.9. The summed E-state index contributed by atoms with van der Waals surface area (Å²) in [5.74, 6) is 0.310. The van der Waals surface area contributed by atoms with Crippen LogP contribution in [0.25, 0.3) is 0 Å². The van der Waals surface area contributed by atoms with Crippen LogP contribution < -0.4 is 4.90 Å². The monoisotopic (exact) mass is 355 g/mol. The van der Waals surface area contributed by atoms with Gasteiger partial charge in [0, 0.05) is 43.6 Å². The number of rotatable bonds is 6. The van der Waals surface area contributed by atoms with Gasteiger partial charge in [-0.05, 0) is 29.8 Å². The third kappa shape index (κ3) is 4.40. The summed E-state index contributed by atoms with van der Waals surface area (Å²) in [7, 11) is 0. The fourth-order valence-electron chi connectivity index (χ4n) is 3.40. The van der Waals surface area contributed by atoms with E-state index in [2.05, 4.69) is 57.2 Å². The third-order valence-electron chi connectivity index (χ3n) is 4.91. The average molecular weight is 355 g/mol. The summed E-state index contributed by atoms with van der Waals surface area (Å²) < 4.78 is 6.31. The molecule has 2 aliphatic rings. The number of para-hydroxylation sites is 1. The molecule has 0 spiro atoms. The van der Waals surface area contributed by atoms with E-state index in [0.29, 0.717) is 25.7 Å². The van der Waals surface area contributed by atoms with E-state index in [9.17, 15) is 0 Å². The summed E-state index contributed by atoms with van der Waals surface area (Å²) in [6.07, 6.45) is 3.73. The highest BCUT2D eigenvalue weighted by molar-refractivity contribution is 5.46. The molecule has 0 bridgehead atoms. The van der Waals surface area contributed by atoms with Crippen LogP contribution in [0.3, 0.4) is 0 Å². The van der Waals surface area contributed by atoms with E-state index in [-0.39, 0.29) is 6.23 Å². The lowest BCUT2D eigenvalue weighted by molar-refractivity contribution is -0.248. The van der Waals surface area contributed by atoms with E-state index in [1.165, 1.54) is 11.3 Å². The van der Waals surface area contributed by atoms with Gasteiger partial charge in [0.15, 0.2) is 0 Å². The summed E-state index contributed by atoms with van der Waals surface area (Å²) in [4.78, 5) is 18.9. The maximum atomic E-state index is 6.31. The molecule has 1 unspecified atom stereocenters. The first kappa shape index (κ1) is 17.4. The molecule has 3 heterocycles. The molecular formula is C20H25N3O3. The summed E-state index contributed by atoms with van der Waals surface area (Å²) in [5.41, 5.74) is 2.51. The van der Waals surface area contributed by atoms with E-state index >= 15 is 0 Å². The van der Waals surface area contributed by atoms with Crippen molar-refractivity contribution in [3.63, 3.8) is 0 Å². The SMILES string of the molecule is c1ccc(N2CCN(Cc3ccncc3)C(OCC3COOC3)C2)cc1. The second-order valence-corrected chi connectivity index (χ2v) is 6.83. The Balaban J connectivity index is 1.43. The number of pyridine rings is 1. The molecule has 2 fully saturated rings. The highest BCUT2D eigenvalue weighted by Crippen LogP contribution is 2.22. The van der Waals surface area contributed by atoms with Crippen LogP contribution in [0.15, 0.2) is 54.9 Å². The van der Waals surface area contributed by atoms with Crippen LogP contribution in [0.5, 0.6) is 0 Å². The number of nitrogens with zero attached hydrogens (tertiary/aromatic N) is 3. The Hall–Kier alpha value is -1.99. The first-order valence-electron chi connectivity index (χ1n) is 9.17. The van der Waals surface area contributed by atoms with Crippen molar-refractivity contribution in [2.45, 2.75) is 12.8 Å². The van der Waals surface area contributed by atoms with Gasteiger partial charge in [0.25, 0.3) is 0 Å². The van der Waals surface area contributed by atoms with Gasteiger partial charge in [-0.25, -0.2) is 9.78 Å². The molecule has 0 aliphatic carbocycles. The molecule has 138 valence electrons. The predicted molar refractivity (Wildman–Crippen MR) is 98.4 cm³/mol. The van der Waals surface area contributed by atoms with E-state index in [0.717, 1.165) is 26.2 Å². The minimum Gasteiger partial charge on any atom is -0.366 e. The van der Waals surface area contributed by atoms with Gasteiger partial charge in [-0.15, -0.1) is 0 Å². The van der Waals surface area contributed by atoms with Gasteiger partial charge in [-0.3, -0.25) is 9.88 Å². The number of anilines is 1. The van der Waals surface area contributed by atoms with Crippen molar-refractivity contribution in [2.24, 2.45) is 5.92 Å². The zero-order valence-electron chi connectivity index (χ0n) is 14.9. The second-order valence-electron chi connectivity index (χ2n) is 6.83. The Morgan fingerprint density at radius 2 is 1.77 bits per heavy atom. The van der Waals surface area contributed by atoms with Crippen LogP contribution in [0.2, 0.25) is 0 Å². The molecule has 0 saturated carbocycles. The van der Waals surface area contributed by atoms with E-state index in [1.807, 2.05) is 12.4 Å². The summed E-state index contributed by atoms with van der Waals surface area (Å²) in [5, 5.41) is 0. The third-order valence-corrected chi connectivity index (χ3v) is 4.91. The number of aromatic nitrogens is 1. The molecule has 4 rings (SSSR count). The Morgan fingerprint density at radius 1 is 1.00 bits per heavy atom. The van der Waals surface area contributed by atoms with Crippen molar-refractivity contribution in [3.8, 4) is 0 Å². The molecule has 6 heteroatoms. The Kier molecular flexibility index (Phi) is 5.76. The quantitative estimate of drug-likeness (QED) is 0.741. The first-order valence-corrected chi connectivity index (χ1v) is 9.17. The smallest absolute Gasteiger partial charge is 0.128 e. The van der Waals surface area contributed by atoms with Crippen molar-refractivity contribution in [2.75, 3.05) is 44.4 Å². The van der Waals surface area contributed by atoms with Gasteiger partial charge >= 0.3 is 0 Å². The summed E-state index contributed by atoms with van der Waals surface area (Å²) in [6.45, 7) is 5.54. The molecule has 1 aromatic heterocycles. The minimum atomic E-state index is 0.0396. The fourth-order valence-corrected chi connectivity index (χ4v) is 3.40. The molecule has 2 aliphatic heterocycles. The van der Waals surface area contributed by atoms with Crippen LogP contribution in [0.4, 0.5) is 5.69 Å². The van der Waals surface area contributed by atoms with E-state index < -0.39 is 0 Å². The van der Waals surface area contributed by atoms with Crippen LogP contribution in [-0.2, 0) is 21.1 Å². The van der Waals surface area contributed by atoms with Crippen molar-refractivity contribution in [3.05, 3.63) is 60.4 Å². The highest BCUT2D eigenvalue weighted by atomic mass is 17.2. The van der Waals surface area contributed by atoms with Crippen molar-refractivity contribution >= 4 is 5.69 Å². The number of hydrogen-bond donors (Lipinski definition) is 0. The summed E-state index contributed by atoms with van der Waals surface area (Å²) >= 11 is 0. The molecule has 2 aromatic rings. The number of benzene rings is 1. The Labute approximate surface area is 154 Å². The van der Waals surface area contributed by atoms with E-state index in [4.69, 9.17) is 14.5 Å². The van der Waals surface area contributed by atoms with Crippen LogP contribution in [0.1, 0.15) is 5.56 Å². The number of piperazine rings is 1. The van der Waals surface area contributed by atoms with Gasteiger partial charge in [0.1, 0.15) is 6.23 Å². The zero-order valence-corrected chi connectivity index (χ0v) is 14.9. The number of ether oxygens (including phenoxy) is 1. The normalized spacial score (nSPS) is 22.0. The molecule has 0 radical (unpaired) electrons. The van der Waals surface area contributed by atoms with Gasteiger partial charge in [-0.1, -0.05) is 18.2 Å². The maximum Gasteiger partial charge on any atom is 0.128 e. The lowest BCUT2D eigenvalue weighted by Gasteiger charge is -2.42. The molecular weight excluding hydrogens is 330 g/mol. The average Bonchev–Trinajstić information content (AvgIpc) is 3.22.